The third kappa shape index (κ3) is 3.50. The SMILES string of the molecule is COc1ccc(-n2nc(-c3ccc(C)cc3)c(C(=O)O)c2-c2ccccc2)cc1. The van der Waals surface area contributed by atoms with E-state index in [9.17, 15) is 9.90 Å². The van der Waals surface area contributed by atoms with Gasteiger partial charge in [0.05, 0.1) is 18.5 Å². The first-order chi connectivity index (χ1) is 14.1. The predicted octanol–water partition coefficient (Wildman–Crippen LogP) is 5.22. The van der Waals surface area contributed by atoms with E-state index in [2.05, 4.69) is 0 Å². The van der Waals surface area contributed by atoms with E-state index in [-0.39, 0.29) is 5.56 Å². The van der Waals surface area contributed by atoms with E-state index in [4.69, 9.17) is 9.84 Å². The van der Waals surface area contributed by atoms with Crippen molar-refractivity contribution in [2.45, 2.75) is 6.92 Å². The van der Waals surface area contributed by atoms with Crippen LogP contribution in [-0.4, -0.2) is 28.0 Å². The summed E-state index contributed by atoms with van der Waals surface area (Å²) < 4.78 is 6.93. The molecular weight excluding hydrogens is 364 g/mol. The van der Waals surface area contributed by atoms with Crippen molar-refractivity contribution < 1.29 is 14.6 Å². The van der Waals surface area contributed by atoms with Crippen molar-refractivity contribution in [3.63, 3.8) is 0 Å². The van der Waals surface area contributed by atoms with Crippen LogP contribution in [-0.2, 0) is 0 Å². The van der Waals surface area contributed by atoms with Gasteiger partial charge in [0.15, 0.2) is 0 Å². The highest BCUT2D eigenvalue weighted by Gasteiger charge is 2.26. The number of ether oxygens (including phenoxy) is 1. The lowest BCUT2D eigenvalue weighted by Crippen LogP contribution is -2.03. The Hall–Kier alpha value is -3.86. The maximum absolute atomic E-state index is 12.3. The maximum atomic E-state index is 12.3. The molecule has 0 bridgehead atoms. The molecule has 0 radical (unpaired) electrons. The van der Waals surface area contributed by atoms with Crippen LogP contribution in [0.25, 0.3) is 28.2 Å². The fourth-order valence-electron chi connectivity index (χ4n) is 3.31. The van der Waals surface area contributed by atoms with Gasteiger partial charge >= 0.3 is 5.97 Å². The van der Waals surface area contributed by atoms with Crippen LogP contribution in [0.5, 0.6) is 5.75 Å². The van der Waals surface area contributed by atoms with Gasteiger partial charge < -0.3 is 9.84 Å². The predicted molar refractivity (Wildman–Crippen MR) is 113 cm³/mol. The molecule has 1 N–H and O–H groups in total. The number of carboxylic acid groups (broad SMARTS) is 1. The number of carboxylic acids is 1. The molecule has 0 fully saturated rings. The summed E-state index contributed by atoms with van der Waals surface area (Å²) in [5, 5.41) is 14.8. The Labute approximate surface area is 168 Å². The van der Waals surface area contributed by atoms with Crippen molar-refractivity contribution in [2.24, 2.45) is 0 Å². The number of rotatable bonds is 5. The third-order valence-corrected chi connectivity index (χ3v) is 4.79. The van der Waals surface area contributed by atoms with Crippen LogP contribution in [0.2, 0.25) is 0 Å². The van der Waals surface area contributed by atoms with Gasteiger partial charge in [0.2, 0.25) is 0 Å². The molecule has 5 heteroatoms. The van der Waals surface area contributed by atoms with Crippen molar-refractivity contribution in [3.8, 4) is 34.0 Å². The molecule has 4 aromatic rings. The monoisotopic (exact) mass is 384 g/mol. The topological polar surface area (TPSA) is 64.4 Å². The average Bonchev–Trinajstić information content (AvgIpc) is 3.16. The minimum Gasteiger partial charge on any atom is -0.497 e. The molecule has 0 aliphatic rings. The summed E-state index contributed by atoms with van der Waals surface area (Å²) in [6.45, 7) is 1.99. The molecule has 4 rings (SSSR count). The van der Waals surface area contributed by atoms with Crippen LogP contribution >= 0.6 is 0 Å². The van der Waals surface area contributed by atoms with Crippen LogP contribution < -0.4 is 4.74 Å². The molecule has 0 aliphatic heterocycles. The molecule has 0 saturated heterocycles. The zero-order valence-electron chi connectivity index (χ0n) is 16.2. The second-order valence-electron chi connectivity index (χ2n) is 6.72. The Kier molecular flexibility index (Phi) is 4.87. The molecule has 0 saturated carbocycles. The quantitative estimate of drug-likeness (QED) is 0.512. The van der Waals surface area contributed by atoms with E-state index in [1.165, 1.54) is 0 Å². The number of hydrogen-bond donors (Lipinski definition) is 1. The number of nitrogens with zero attached hydrogens (tertiary/aromatic N) is 2. The smallest absolute Gasteiger partial charge is 0.340 e. The molecule has 0 spiro atoms. The second-order valence-corrected chi connectivity index (χ2v) is 6.72. The molecule has 0 unspecified atom stereocenters. The van der Waals surface area contributed by atoms with Crippen molar-refractivity contribution in [3.05, 3.63) is 90.0 Å². The minimum atomic E-state index is -1.01. The highest BCUT2D eigenvalue weighted by Crippen LogP contribution is 2.34. The Morgan fingerprint density at radius 2 is 1.55 bits per heavy atom. The highest BCUT2D eigenvalue weighted by molar-refractivity contribution is 6.01. The second kappa shape index (κ2) is 7.64. The van der Waals surface area contributed by atoms with Gasteiger partial charge in [-0.15, -0.1) is 0 Å². The molecule has 0 amide bonds. The fraction of sp³-hybridized carbons (Fsp3) is 0.0833. The number of hydrogen-bond acceptors (Lipinski definition) is 3. The van der Waals surface area contributed by atoms with Crippen LogP contribution in [0.3, 0.4) is 0 Å². The first kappa shape index (κ1) is 18.5. The largest absolute Gasteiger partial charge is 0.497 e. The van der Waals surface area contributed by atoms with Gasteiger partial charge in [-0.25, -0.2) is 9.48 Å². The van der Waals surface area contributed by atoms with Crippen molar-refractivity contribution >= 4 is 5.97 Å². The van der Waals surface area contributed by atoms with E-state index >= 15 is 0 Å². The molecule has 0 atom stereocenters. The lowest BCUT2D eigenvalue weighted by molar-refractivity contribution is 0.0698. The van der Waals surface area contributed by atoms with Gasteiger partial charge in [-0.05, 0) is 31.2 Å². The molecule has 5 nitrogen and oxygen atoms in total. The number of methoxy groups -OCH3 is 1. The van der Waals surface area contributed by atoms with Gasteiger partial charge in [-0.3, -0.25) is 0 Å². The molecular formula is C24H20N2O3. The van der Waals surface area contributed by atoms with E-state index < -0.39 is 5.97 Å². The summed E-state index contributed by atoms with van der Waals surface area (Å²) in [6, 6.07) is 24.6. The van der Waals surface area contributed by atoms with Crippen LogP contribution in [0.1, 0.15) is 15.9 Å². The van der Waals surface area contributed by atoms with Gasteiger partial charge in [0.25, 0.3) is 0 Å². The zero-order chi connectivity index (χ0) is 20.4. The Balaban J connectivity index is 2.01. The lowest BCUT2D eigenvalue weighted by Gasteiger charge is -2.09. The zero-order valence-corrected chi connectivity index (χ0v) is 16.2. The fourth-order valence-corrected chi connectivity index (χ4v) is 3.31. The summed E-state index contributed by atoms with van der Waals surface area (Å²) in [6.07, 6.45) is 0. The summed E-state index contributed by atoms with van der Waals surface area (Å²) in [7, 11) is 1.61. The summed E-state index contributed by atoms with van der Waals surface area (Å²) in [5.41, 5.74) is 4.56. The Bertz CT molecular complexity index is 1150. The van der Waals surface area contributed by atoms with Gasteiger partial charge in [0.1, 0.15) is 17.0 Å². The first-order valence-corrected chi connectivity index (χ1v) is 9.21. The molecule has 144 valence electrons. The van der Waals surface area contributed by atoms with Gasteiger partial charge in [0, 0.05) is 11.1 Å². The Morgan fingerprint density at radius 3 is 2.14 bits per heavy atom. The van der Waals surface area contributed by atoms with Crippen LogP contribution in [0.15, 0.2) is 78.9 Å². The van der Waals surface area contributed by atoms with E-state index in [1.807, 2.05) is 85.8 Å². The minimum absolute atomic E-state index is 0.177. The van der Waals surface area contributed by atoms with Crippen LogP contribution in [0.4, 0.5) is 0 Å². The third-order valence-electron chi connectivity index (χ3n) is 4.79. The number of aryl methyl sites for hydroxylation is 1. The van der Waals surface area contributed by atoms with Crippen molar-refractivity contribution in [2.75, 3.05) is 7.11 Å². The number of carbonyl (C=O) groups is 1. The maximum Gasteiger partial charge on any atom is 0.340 e. The first-order valence-electron chi connectivity index (χ1n) is 9.21. The number of aromatic carboxylic acids is 1. The molecule has 29 heavy (non-hydrogen) atoms. The van der Waals surface area contributed by atoms with E-state index in [0.29, 0.717) is 11.4 Å². The highest BCUT2D eigenvalue weighted by atomic mass is 16.5. The van der Waals surface area contributed by atoms with Gasteiger partial charge in [-0.2, -0.15) is 5.10 Å². The Morgan fingerprint density at radius 1 is 0.897 bits per heavy atom. The molecule has 1 aromatic heterocycles. The lowest BCUT2D eigenvalue weighted by atomic mass is 10.0. The molecule has 3 aromatic carbocycles. The standard InChI is InChI=1S/C24H20N2O3/c1-16-8-10-17(11-9-16)22-21(24(27)28)23(18-6-4-3-5-7-18)26(25-22)19-12-14-20(29-2)15-13-19/h3-15H,1-2H3,(H,27,28). The number of aromatic nitrogens is 2. The molecule has 0 aliphatic carbocycles. The van der Waals surface area contributed by atoms with Gasteiger partial charge in [-0.1, -0.05) is 60.2 Å². The molecule has 1 heterocycles. The summed E-state index contributed by atoms with van der Waals surface area (Å²) >= 11 is 0. The summed E-state index contributed by atoms with van der Waals surface area (Å²) in [5.74, 6) is -0.293. The summed E-state index contributed by atoms with van der Waals surface area (Å²) in [4.78, 5) is 12.3. The normalized spacial score (nSPS) is 10.7. The average molecular weight is 384 g/mol. The van der Waals surface area contributed by atoms with Crippen molar-refractivity contribution in [1.82, 2.24) is 9.78 Å². The van der Waals surface area contributed by atoms with Crippen molar-refractivity contribution in [1.29, 1.82) is 0 Å². The van der Waals surface area contributed by atoms with E-state index in [1.54, 1.807) is 11.8 Å². The van der Waals surface area contributed by atoms with E-state index in [0.717, 1.165) is 28.1 Å². The number of benzene rings is 3. The van der Waals surface area contributed by atoms with Crippen LogP contribution in [0, 0.1) is 6.92 Å².